The highest BCUT2D eigenvalue weighted by Crippen LogP contribution is 2.34. The minimum absolute atomic E-state index is 0.0130. The van der Waals surface area contributed by atoms with Gasteiger partial charge >= 0.3 is 0 Å². The van der Waals surface area contributed by atoms with E-state index in [1.807, 2.05) is 30.3 Å². The maximum Gasteiger partial charge on any atom is 0.243 e. The molecule has 2 aromatic carbocycles. The largest absolute Gasteiger partial charge is 0.243 e. The zero-order valence-corrected chi connectivity index (χ0v) is 14.9. The quantitative estimate of drug-likeness (QED) is 0.788. The van der Waals surface area contributed by atoms with Crippen molar-refractivity contribution in [3.05, 3.63) is 60.2 Å². The topological polar surface area (TPSA) is 71.5 Å². The lowest BCUT2D eigenvalue weighted by atomic mass is 10.2. The number of rotatable bonds is 6. The molecule has 0 amide bonds. The fraction of sp³-hybridized carbons (Fsp3) is 0.294. The molecule has 1 fully saturated rings. The Bertz CT molecular complexity index is 934. The predicted molar refractivity (Wildman–Crippen MR) is 91.7 cm³/mol. The summed E-state index contributed by atoms with van der Waals surface area (Å²) in [6.07, 6.45) is 2.73. The predicted octanol–water partition coefficient (Wildman–Crippen LogP) is 2.44. The average Bonchev–Trinajstić information content (AvgIpc) is 3.37. The summed E-state index contributed by atoms with van der Waals surface area (Å²) in [5.74, 6) is 0. The van der Waals surface area contributed by atoms with Crippen LogP contribution in [0.3, 0.4) is 0 Å². The van der Waals surface area contributed by atoms with Gasteiger partial charge in [-0.3, -0.25) is 0 Å². The zero-order valence-electron chi connectivity index (χ0n) is 13.3. The van der Waals surface area contributed by atoms with Crippen LogP contribution in [0.2, 0.25) is 0 Å². The molecular formula is C17H19NO4S2. The first-order valence-electron chi connectivity index (χ1n) is 7.64. The number of hydrogen-bond acceptors (Lipinski definition) is 4. The molecule has 0 N–H and O–H groups in total. The molecule has 0 aliphatic heterocycles. The molecule has 0 bridgehead atoms. The zero-order chi connectivity index (χ0) is 17.4. The Morgan fingerprint density at radius 3 is 2.12 bits per heavy atom. The summed E-state index contributed by atoms with van der Waals surface area (Å²) in [4.78, 5) is 0.0345. The second-order valence-electron chi connectivity index (χ2n) is 6.01. The smallest absolute Gasteiger partial charge is 0.224 e. The molecule has 0 aromatic heterocycles. The summed E-state index contributed by atoms with van der Waals surface area (Å²) in [6, 6.07) is 15.0. The van der Waals surface area contributed by atoms with Crippen LogP contribution in [-0.4, -0.2) is 33.4 Å². The van der Waals surface area contributed by atoms with Crippen molar-refractivity contribution in [3.63, 3.8) is 0 Å². The molecule has 0 heterocycles. The van der Waals surface area contributed by atoms with Crippen LogP contribution in [0.4, 0.5) is 0 Å². The van der Waals surface area contributed by atoms with E-state index in [2.05, 4.69) is 0 Å². The number of hydrogen-bond donors (Lipinski definition) is 0. The van der Waals surface area contributed by atoms with Gasteiger partial charge < -0.3 is 0 Å². The van der Waals surface area contributed by atoms with Crippen LogP contribution < -0.4 is 0 Å². The fourth-order valence-corrected chi connectivity index (χ4v) is 5.00. The summed E-state index contributed by atoms with van der Waals surface area (Å²) in [5.41, 5.74) is 0.909. The highest BCUT2D eigenvalue weighted by atomic mass is 32.2. The molecule has 1 aliphatic rings. The Morgan fingerprint density at radius 2 is 1.54 bits per heavy atom. The monoisotopic (exact) mass is 365 g/mol. The van der Waals surface area contributed by atoms with Crippen LogP contribution in [-0.2, 0) is 26.4 Å². The minimum Gasteiger partial charge on any atom is -0.224 e. The van der Waals surface area contributed by atoms with E-state index in [4.69, 9.17) is 0 Å². The molecule has 0 atom stereocenters. The number of sulfone groups is 1. The maximum absolute atomic E-state index is 13.0. The van der Waals surface area contributed by atoms with Crippen LogP contribution in [0.15, 0.2) is 64.4 Å². The van der Waals surface area contributed by atoms with E-state index < -0.39 is 19.9 Å². The third-order valence-corrected chi connectivity index (χ3v) is 6.98. The van der Waals surface area contributed by atoms with Crippen LogP contribution in [0.1, 0.15) is 18.4 Å². The van der Waals surface area contributed by atoms with Gasteiger partial charge in [-0.1, -0.05) is 36.4 Å². The van der Waals surface area contributed by atoms with Crippen LogP contribution in [0.25, 0.3) is 0 Å². The first-order chi connectivity index (χ1) is 11.3. The molecule has 5 nitrogen and oxygen atoms in total. The van der Waals surface area contributed by atoms with E-state index in [0.717, 1.165) is 24.7 Å². The molecule has 0 saturated heterocycles. The highest BCUT2D eigenvalue weighted by molar-refractivity contribution is 7.91. The lowest BCUT2D eigenvalue weighted by Crippen LogP contribution is -2.32. The summed E-state index contributed by atoms with van der Waals surface area (Å²) < 4.78 is 51.0. The van der Waals surface area contributed by atoms with Gasteiger partial charge in [-0.2, -0.15) is 4.31 Å². The lowest BCUT2D eigenvalue weighted by Gasteiger charge is -2.22. The van der Waals surface area contributed by atoms with Crippen molar-refractivity contribution >= 4 is 19.9 Å². The number of sulfonamides is 1. The molecule has 7 heteroatoms. The molecule has 0 radical (unpaired) electrons. The summed E-state index contributed by atoms with van der Waals surface area (Å²) in [5, 5.41) is 0. The lowest BCUT2D eigenvalue weighted by molar-refractivity contribution is 0.398. The van der Waals surface area contributed by atoms with Crippen LogP contribution in [0.5, 0.6) is 0 Å². The molecule has 0 unspecified atom stereocenters. The Labute approximate surface area is 142 Å². The average molecular weight is 365 g/mol. The van der Waals surface area contributed by atoms with Gasteiger partial charge in [0.1, 0.15) is 0 Å². The molecule has 3 rings (SSSR count). The van der Waals surface area contributed by atoms with Crippen LogP contribution in [0, 0.1) is 0 Å². The van der Waals surface area contributed by atoms with Gasteiger partial charge in [0.15, 0.2) is 9.84 Å². The molecule has 2 aromatic rings. The van der Waals surface area contributed by atoms with E-state index in [1.54, 1.807) is 0 Å². The minimum atomic E-state index is -3.75. The first kappa shape index (κ1) is 17.1. The SMILES string of the molecule is CS(=O)(=O)c1cccc(S(=O)(=O)N(Cc2ccccc2)C2CC2)c1. The van der Waals surface area contributed by atoms with Crippen molar-refractivity contribution in [2.24, 2.45) is 0 Å². The van der Waals surface area contributed by atoms with Gasteiger partial charge in [-0.25, -0.2) is 16.8 Å². The third kappa shape index (κ3) is 3.68. The molecule has 24 heavy (non-hydrogen) atoms. The first-order valence-corrected chi connectivity index (χ1v) is 11.0. The van der Waals surface area contributed by atoms with Gasteiger partial charge in [0.2, 0.25) is 10.0 Å². The van der Waals surface area contributed by atoms with E-state index in [9.17, 15) is 16.8 Å². The fourth-order valence-electron chi connectivity index (χ4n) is 2.54. The van der Waals surface area contributed by atoms with E-state index in [1.165, 1.54) is 28.6 Å². The molecular weight excluding hydrogens is 346 g/mol. The second-order valence-corrected chi connectivity index (χ2v) is 9.92. The number of benzene rings is 2. The number of nitrogens with zero attached hydrogens (tertiary/aromatic N) is 1. The Balaban J connectivity index is 1.98. The molecule has 128 valence electrons. The van der Waals surface area contributed by atoms with Gasteiger partial charge in [0.25, 0.3) is 0 Å². The Kier molecular flexibility index (Phi) is 4.50. The summed E-state index contributed by atoms with van der Waals surface area (Å²) in [7, 11) is -7.21. The highest BCUT2D eigenvalue weighted by Gasteiger charge is 2.38. The summed E-state index contributed by atoms with van der Waals surface area (Å²) >= 11 is 0. The van der Waals surface area contributed by atoms with Crippen molar-refractivity contribution in [3.8, 4) is 0 Å². The molecule has 0 spiro atoms. The van der Waals surface area contributed by atoms with Gasteiger partial charge in [0, 0.05) is 18.8 Å². The Morgan fingerprint density at radius 1 is 0.917 bits per heavy atom. The molecule has 1 aliphatic carbocycles. The molecule has 1 saturated carbocycles. The van der Waals surface area contributed by atoms with E-state index in [0.29, 0.717) is 0 Å². The maximum atomic E-state index is 13.0. The van der Waals surface area contributed by atoms with Crippen molar-refractivity contribution in [1.82, 2.24) is 4.31 Å². The normalized spacial score (nSPS) is 15.6. The van der Waals surface area contributed by atoms with E-state index in [-0.39, 0.29) is 22.4 Å². The van der Waals surface area contributed by atoms with Crippen molar-refractivity contribution in [2.75, 3.05) is 6.26 Å². The summed E-state index contributed by atoms with van der Waals surface area (Å²) in [6.45, 7) is 0.289. The second kappa shape index (κ2) is 6.31. The van der Waals surface area contributed by atoms with Crippen molar-refractivity contribution in [1.29, 1.82) is 0 Å². The van der Waals surface area contributed by atoms with Crippen molar-refractivity contribution in [2.45, 2.75) is 35.2 Å². The van der Waals surface area contributed by atoms with E-state index >= 15 is 0 Å². The van der Waals surface area contributed by atoms with Gasteiger partial charge in [0.05, 0.1) is 9.79 Å². The van der Waals surface area contributed by atoms with Gasteiger partial charge in [-0.15, -0.1) is 0 Å². The van der Waals surface area contributed by atoms with Crippen LogP contribution >= 0.6 is 0 Å². The third-order valence-electron chi connectivity index (χ3n) is 3.98. The van der Waals surface area contributed by atoms with Gasteiger partial charge in [-0.05, 0) is 36.6 Å². The van der Waals surface area contributed by atoms with Crippen molar-refractivity contribution < 1.29 is 16.8 Å². The standard InChI is InChI=1S/C17H19NO4S2/c1-23(19,20)16-8-5-9-17(12-16)24(21,22)18(15-10-11-15)13-14-6-3-2-4-7-14/h2-9,12,15H,10-11,13H2,1H3. The Hall–Kier alpha value is -1.70.